The monoisotopic (exact) mass is 361 g/mol. The van der Waals surface area contributed by atoms with E-state index in [0.29, 0.717) is 6.54 Å². The molecule has 0 unspecified atom stereocenters. The Morgan fingerprint density at radius 2 is 1.77 bits per heavy atom. The van der Waals surface area contributed by atoms with Gasteiger partial charge in [-0.15, -0.1) is 0 Å². The third-order valence-corrected chi connectivity index (χ3v) is 6.13. The lowest BCUT2D eigenvalue weighted by atomic mass is 9.69. The van der Waals surface area contributed by atoms with Gasteiger partial charge in [0.15, 0.2) is 11.5 Å². The molecule has 0 aliphatic carbocycles. The normalized spacial score (nSPS) is 18.7. The van der Waals surface area contributed by atoms with Crippen molar-refractivity contribution in [3.63, 3.8) is 0 Å². The summed E-state index contributed by atoms with van der Waals surface area (Å²) in [4.78, 5) is 15.2. The first-order chi connectivity index (χ1) is 12.6. The molecule has 2 heterocycles. The molecule has 0 N–H and O–H groups in total. The zero-order valence-electron chi connectivity index (χ0n) is 16.5. The van der Waals surface area contributed by atoms with Gasteiger partial charge in [0.25, 0.3) is 0 Å². The summed E-state index contributed by atoms with van der Waals surface area (Å²) >= 11 is 0. The molecule has 0 saturated carbocycles. The summed E-state index contributed by atoms with van der Waals surface area (Å²) in [6, 6.07) is 4.18. The molecule has 5 heteroatoms. The first kappa shape index (κ1) is 19.0. The molecule has 26 heavy (non-hydrogen) atoms. The molecule has 2 aliphatic heterocycles. The number of hydrogen-bond acceptors (Lipinski definition) is 4. The number of carbonyl (C=O) groups excluding carboxylic acids is 1. The van der Waals surface area contributed by atoms with Gasteiger partial charge in [0.2, 0.25) is 5.91 Å². The Balaban J connectivity index is 2.04. The number of fused-ring (bicyclic) bond motifs is 2. The second-order valence-electron chi connectivity index (χ2n) is 7.46. The third-order valence-electron chi connectivity index (χ3n) is 6.13. The van der Waals surface area contributed by atoms with Gasteiger partial charge in [-0.1, -0.05) is 13.8 Å². The van der Waals surface area contributed by atoms with Crippen LogP contribution in [0.3, 0.4) is 0 Å². The maximum absolute atomic E-state index is 13.1. The van der Waals surface area contributed by atoms with Crippen molar-refractivity contribution < 1.29 is 19.0 Å². The van der Waals surface area contributed by atoms with E-state index in [0.717, 1.165) is 56.9 Å². The number of hydrogen-bond donors (Lipinski definition) is 0. The smallest absolute Gasteiger partial charge is 0.225 e. The highest BCUT2D eigenvalue weighted by molar-refractivity contribution is 5.79. The molecule has 1 fully saturated rings. The summed E-state index contributed by atoms with van der Waals surface area (Å²) in [5, 5.41) is 0. The summed E-state index contributed by atoms with van der Waals surface area (Å²) in [6.07, 6.45) is 3.64. The number of amides is 1. The van der Waals surface area contributed by atoms with Crippen LogP contribution in [-0.2, 0) is 21.5 Å². The number of ether oxygens (including phenoxy) is 3. The second kappa shape index (κ2) is 7.87. The number of benzene rings is 1. The Morgan fingerprint density at radius 3 is 2.35 bits per heavy atom. The van der Waals surface area contributed by atoms with Crippen molar-refractivity contribution in [2.75, 3.05) is 34.0 Å². The van der Waals surface area contributed by atoms with Gasteiger partial charge in [-0.2, -0.15) is 0 Å². The Bertz CT molecular complexity index is 648. The molecule has 1 spiro atoms. The van der Waals surface area contributed by atoms with E-state index >= 15 is 0 Å². The SMILES string of the molecule is CCC(CC)C(=O)N1Cc2cc(OC)c(OC)cc2C2(CCOCC2)C1. The van der Waals surface area contributed by atoms with Gasteiger partial charge in [-0.25, -0.2) is 0 Å². The van der Waals surface area contributed by atoms with Crippen LogP contribution in [0.1, 0.15) is 50.7 Å². The van der Waals surface area contributed by atoms with E-state index in [2.05, 4.69) is 30.9 Å². The van der Waals surface area contributed by atoms with Crippen molar-refractivity contribution in [2.24, 2.45) is 5.92 Å². The second-order valence-corrected chi connectivity index (χ2v) is 7.46. The maximum Gasteiger partial charge on any atom is 0.225 e. The molecule has 5 nitrogen and oxygen atoms in total. The molecular weight excluding hydrogens is 330 g/mol. The molecule has 1 saturated heterocycles. The third kappa shape index (κ3) is 3.29. The quantitative estimate of drug-likeness (QED) is 0.805. The van der Waals surface area contributed by atoms with Gasteiger partial charge in [-0.05, 0) is 48.9 Å². The maximum atomic E-state index is 13.1. The molecule has 0 radical (unpaired) electrons. The lowest BCUT2D eigenvalue weighted by Crippen LogP contribution is -2.51. The lowest BCUT2D eigenvalue weighted by Gasteiger charge is -2.47. The van der Waals surface area contributed by atoms with Crippen LogP contribution in [0.5, 0.6) is 11.5 Å². The first-order valence-corrected chi connectivity index (χ1v) is 9.70. The Kier molecular flexibility index (Phi) is 5.76. The fourth-order valence-corrected chi connectivity index (χ4v) is 4.50. The van der Waals surface area contributed by atoms with Gasteiger partial charge in [0, 0.05) is 37.6 Å². The van der Waals surface area contributed by atoms with Crippen LogP contribution in [0, 0.1) is 5.92 Å². The molecular formula is C21H31NO4. The van der Waals surface area contributed by atoms with Crippen molar-refractivity contribution in [3.8, 4) is 11.5 Å². The van der Waals surface area contributed by atoms with E-state index in [1.807, 2.05) is 0 Å². The van der Waals surface area contributed by atoms with Gasteiger partial charge in [-0.3, -0.25) is 4.79 Å². The topological polar surface area (TPSA) is 48.0 Å². The standard InChI is InChI=1S/C21H31NO4/c1-5-15(6-2)20(23)22-13-16-11-18(24-3)19(25-4)12-17(16)21(14-22)7-9-26-10-8-21/h11-12,15H,5-10,13-14H2,1-4H3. The van der Waals surface area contributed by atoms with E-state index in [9.17, 15) is 4.79 Å². The Morgan fingerprint density at radius 1 is 1.15 bits per heavy atom. The molecule has 0 atom stereocenters. The van der Waals surface area contributed by atoms with Crippen LogP contribution >= 0.6 is 0 Å². The van der Waals surface area contributed by atoms with Gasteiger partial charge in [0.05, 0.1) is 14.2 Å². The van der Waals surface area contributed by atoms with Crippen molar-refractivity contribution in [1.29, 1.82) is 0 Å². The zero-order valence-corrected chi connectivity index (χ0v) is 16.5. The molecule has 144 valence electrons. The fraction of sp³-hybridized carbons (Fsp3) is 0.667. The van der Waals surface area contributed by atoms with Gasteiger partial charge >= 0.3 is 0 Å². The van der Waals surface area contributed by atoms with E-state index in [1.165, 1.54) is 11.1 Å². The van der Waals surface area contributed by atoms with Crippen molar-refractivity contribution >= 4 is 5.91 Å². The van der Waals surface area contributed by atoms with Crippen molar-refractivity contribution in [1.82, 2.24) is 4.90 Å². The summed E-state index contributed by atoms with van der Waals surface area (Å²) in [5.74, 6) is 1.87. The minimum absolute atomic E-state index is 0.0485. The number of carbonyl (C=O) groups is 1. The van der Waals surface area contributed by atoms with Crippen molar-refractivity contribution in [3.05, 3.63) is 23.3 Å². The van der Waals surface area contributed by atoms with Crippen LogP contribution in [0.4, 0.5) is 0 Å². The van der Waals surface area contributed by atoms with E-state index in [-0.39, 0.29) is 17.2 Å². The number of rotatable bonds is 5. The highest BCUT2D eigenvalue weighted by Crippen LogP contribution is 2.45. The molecule has 1 aromatic rings. The van der Waals surface area contributed by atoms with Crippen LogP contribution in [-0.4, -0.2) is 44.8 Å². The molecule has 3 rings (SSSR count). The van der Waals surface area contributed by atoms with Crippen LogP contribution in [0.2, 0.25) is 0 Å². The van der Waals surface area contributed by atoms with Gasteiger partial charge < -0.3 is 19.1 Å². The average molecular weight is 361 g/mol. The predicted octanol–water partition coefficient (Wildman–Crippen LogP) is 3.53. The number of nitrogens with zero attached hydrogens (tertiary/aromatic N) is 1. The van der Waals surface area contributed by atoms with Crippen molar-refractivity contribution in [2.45, 2.75) is 51.5 Å². The molecule has 2 aliphatic rings. The highest BCUT2D eigenvalue weighted by Gasteiger charge is 2.43. The summed E-state index contributed by atoms with van der Waals surface area (Å²) in [7, 11) is 3.33. The molecule has 0 bridgehead atoms. The van der Waals surface area contributed by atoms with E-state index in [1.54, 1.807) is 14.2 Å². The summed E-state index contributed by atoms with van der Waals surface area (Å²) < 4.78 is 16.7. The molecule has 1 amide bonds. The number of methoxy groups -OCH3 is 2. The van der Waals surface area contributed by atoms with Crippen LogP contribution in [0.25, 0.3) is 0 Å². The first-order valence-electron chi connectivity index (χ1n) is 9.70. The average Bonchev–Trinajstić information content (AvgIpc) is 2.68. The lowest BCUT2D eigenvalue weighted by molar-refractivity contribution is -0.138. The summed E-state index contributed by atoms with van der Waals surface area (Å²) in [6.45, 7) is 7.09. The van der Waals surface area contributed by atoms with Crippen LogP contribution in [0.15, 0.2) is 12.1 Å². The minimum Gasteiger partial charge on any atom is -0.493 e. The largest absolute Gasteiger partial charge is 0.493 e. The predicted molar refractivity (Wildman–Crippen MR) is 101 cm³/mol. The summed E-state index contributed by atoms with van der Waals surface area (Å²) in [5.41, 5.74) is 2.43. The molecule has 1 aromatic carbocycles. The Labute approximate surface area is 156 Å². The zero-order chi connectivity index (χ0) is 18.7. The fourth-order valence-electron chi connectivity index (χ4n) is 4.50. The van der Waals surface area contributed by atoms with E-state index < -0.39 is 0 Å². The van der Waals surface area contributed by atoms with Crippen LogP contribution < -0.4 is 9.47 Å². The Hall–Kier alpha value is -1.75. The minimum atomic E-state index is -0.0485. The highest BCUT2D eigenvalue weighted by atomic mass is 16.5. The van der Waals surface area contributed by atoms with E-state index in [4.69, 9.17) is 14.2 Å². The molecule has 0 aromatic heterocycles. The van der Waals surface area contributed by atoms with Gasteiger partial charge in [0.1, 0.15) is 0 Å².